The monoisotopic (exact) mass is 224 g/mol. The average Bonchev–Trinajstić information content (AvgIpc) is 2.98. The summed E-state index contributed by atoms with van der Waals surface area (Å²) >= 11 is 6.21. The lowest BCUT2D eigenvalue weighted by Crippen LogP contribution is -2.26. The molecule has 15 heavy (non-hydrogen) atoms. The maximum atomic E-state index is 6.21. The summed E-state index contributed by atoms with van der Waals surface area (Å²) in [6, 6.07) is 6.49. The van der Waals surface area contributed by atoms with Crippen LogP contribution in [0.15, 0.2) is 18.2 Å². The highest BCUT2D eigenvalue weighted by Crippen LogP contribution is 2.36. The lowest BCUT2D eigenvalue weighted by Gasteiger charge is -2.25. The quantitative estimate of drug-likeness (QED) is 0.796. The van der Waals surface area contributed by atoms with Crippen molar-refractivity contribution in [1.29, 1.82) is 0 Å². The van der Waals surface area contributed by atoms with E-state index in [-0.39, 0.29) is 0 Å². The minimum absolute atomic E-state index is 0.700. The Labute approximate surface area is 96.0 Å². The van der Waals surface area contributed by atoms with Crippen LogP contribution in [0.1, 0.15) is 26.2 Å². The highest BCUT2D eigenvalue weighted by Gasteiger charge is 2.29. The van der Waals surface area contributed by atoms with Gasteiger partial charge >= 0.3 is 0 Å². The molecule has 2 N–H and O–H groups in total. The molecule has 0 radical (unpaired) electrons. The molecule has 1 saturated carbocycles. The molecule has 1 aromatic carbocycles. The number of halogens is 1. The van der Waals surface area contributed by atoms with Crippen LogP contribution in [0.2, 0.25) is 5.02 Å². The van der Waals surface area contributed by atoms with E-state index in [0.717, 1.165) is 29.4 Å². The zero-order valence-electron chi connectivity index (χ0n) is 9.04. The summed E-state index contributed by atoms with van der Waals surface area (Å²) in [5.74, 6) is 0. The second kappa shape index (κ2) is 4.31. The maximum Gasteiger partial charge on any atom is 0.0660 e. The molecule has 1 aromatic rings. The van der Waals surface area contributed by atoms with Crippen molar-refractivity contribution in [3.8, 4) is 0 Å². The van der Waals surface area contributed by atoms with E-state index in [2.05, 4.69) is 11.8 Å². The predicted molar refractivity (Wildman–Crippen MR) is 66.5 cm³/mol. The van der Waals surface area contributed by atoms with E-state index < -0.39 is 0 Å². The van der Waals surface area contributed by atoms with E-state index >= 15 is 0 Å². The van der Waals surface area contributed by atoms with Gasteiger partial charge in [-0.1, -0.05) is 18.5 Å². The molecule has 0 unspecified atom stereocenters. The molecule has 3 heteroatoms. The van der Waals surface area contributed by atoms with Gasteiger partial charge in [0.1, 0.15) is 0 Å². The van der Waals surface area contributed by atoms with E-state index in [1.807, 2.05) is 18.2 Å². The van der Waals surface area contributed by atoms with Gasteiger partial charge in [0.2, 0.25) is 0 Å². The zero-order chi connectivity index (χ0) is 10.8. The number of nitrogens with zero attached hydrogens (tertiary/aromatic N) is 1. The van der Waals surface area contributed by atoms with Crippen molar-refractivity contribution in [3.63, 3.8) is 0 Å². The standard InChI is InChI=1S/C12H17ClN2/c1-2-7-15(10-4-5-10)12-6-3-9(14)8-11(12)13/h3,6,8,10H,2,4-5,7,14H2,1H3. The summed E-state index contributed by atoms with van der Waals surface area (Å²) in [5.41, 5.74) is 7.56. The van der Waals surface area contributed by atoms with Gasteiger partial charge in [0, 0.05) is 18.3 Å². The smallest absolute Gasteiger partial charge is 0.0660 e. The van der Waals surface area contributed by atoms with Crippen LogP contribution in [-0.2, 0) is 0 Å². The summed E-state index contributed by atoms with van der Waals surface area (Å²) in [6.45, 7) is 3.27. The Morgan fingerprint density at radius 1 is 1.47 bits per heavy atom. The Morgan fingerprint density at radius 3 is 2.73 bits per heavy atom. The molecule has 2 rings (SSSR count). The van der Waals surface area contributed by atoms with Crippen LogP contribution < -0.4 is 10.6 Å². The summed E-state index contributed by atoms with van der Waals surface area (Å²) in [5, 5.41) is 0.773. The molecule has 2 nitrogen and oxygen atoms in total. The molecule has 0 spiro atoms. The fourth-order valence-electron chi connectivity index (χ4n) is 1.88. The Bertz CT molecular complexity index is 347. The van der Waals surface area contributed by atoms with Crippen LogP contribution in [0.3, 0.4) is 0 Å². The van der Waals surface area contributed by atoms with Crippen molar-refractivity contribution in [2.24, 2.45) is 0 Å². The normalized spacial score (nSPS) is 15.3. The lowest BCUT2D eigenvalue weighted by molar-refractivity contribution is 0.763. The maximum absolute atomic E-state index is 6.21. The Hall–Kier alpha value is -0.890. The van der Waals surface area contributed by atoms with E-state index in [1.54, 1.807) is 0 Å². The summed E-state index contributed by atoms with van der Waals surface area (Å²) in [7, 11) is 0. The first-order chi connectivity index (χ1) is 7.22. The van der Waals surface area contributed by atoms with Crippen LogP contribution in [-0.4, -0.2) is 12.6 Å². The number of nitrogen functional groups attached to an aromatic ring is 1. The fourth-order valence-corrected chi connectivity index (χ4v) is 2.18. The van der Waals surface area contributed by atoms with E-state index in [9.17, 15) is 0 Å². The first kappa shape index (κ1) is 10.6. The van der Waals surface area contributed by atoms with Gasteiger partial charge in [-0.3, -0.25) is 0 Å². The number of anilines is 2. The van der Waals surface area contributed by atoms with Gasteiger partial charge in [-0.05, 0) is 37.5 Å². The number of hydrogen-bond acceptors (Lipinski definition) is 2. The second-order valence-electron chi connectivity index (χ2n) is 4.14. The number of benzene rings is 1. The van der Waals surface area contributed by atoms with Gasteiger partial charge in [0.05, 0.1) is 10.7 Å². The van der Waals surface area contributed by atoms with E-state index in [1.165, 1.54) is 12.8 Å². The minimum Gasteiger partial charge on any atom is -0.399 e. The van der Waals surface area contributed by atoms with Crippen molar-refractivity contribution in [2.75, 3.05) is 17.2 Å². The molecule has 1 aliphatic carbocycles. The SMILES string of the molecule is CCCN(c1ccc(N)cc1Cl)C1CC1. The third-order valence-electron chi connectivity index (χ3n) is 2.73. The van der Waals surface area contributed by atoms with Crippen molar-refractivity contribution in [1.82, 2.24) is 0 Å². The number of nitrogens with two attached hydrogens (primary N) is 1. The fraction of sp³-hybridized carbons (Fsp3) is 0.500. The highest BCUT2D eigenvalue weighted by atomic mass is 35.5. The van der Waals surface area contributed by atoms with Crippen LogP contribution in [0.25, 0.3) is 0 Å². The molecule has 0 bridgehead atoms. The average molecular weight is 225 g/mol. The number of hydrogen-bond donors (Lipinski definition) is 1. The molecule has 1 fully saturated rings. The largest absolute Gasteiger partial charge is 0.399 e. The van der Waals surface area contributed by atoms with Gasteiger partial charge < -0.3 is 10.6 Å². The molecule has 0 amide bonds. The Morgan fingerprint density at radius 2 is 2.20 bits per heavy atom. The number of rotatable bonds is 4. The second-order valence-corrected chi connectivity index (χ2v) is 4.54. The Kier molecular flexibility index (Phi) is 3.06. The topological polar surface area (TPSA) is 29.3 Å². The molecule has 0 heterocycles. The van der Waals surface area contributed by atoms with Crippen LogP contribution >= 0.6 is 11.6 Å². The first-order valence-electron chi connectivity index (χ1n) is 5.54. The molecule has 0 saturated heterocycles. The zero-order valence-corrected chi connectivity index (χ0v) is 9.80. The molecule has 0 aliphatic heterocycles. The highest BCUT2D eigenvalue weighted by molar-refractivity contribution is 6.33. The molecule has 0 aromatic heterocycles. The molecule has 1 aliphatic rings. The van der Waals surface area contributed by atoms with Gasteiger partial charge in [0.25, 0.3) is 0 Å². The minimum atomic E-state index is 0.700. The Balaban J connectivity index is 2.24. The van der Waals surface area contributed by atoms with Gasteiger partial charge in [-0.2, -0.15) is 0 Å². The van der Waals surface area contributed by atoms with Gasteiger partial charge in [-0.25, -0.2) is 0 Å². The van der Waals surface area contributed by atoms with Crippen molar-refractivity contribution in [2.45, 2.75) is 32.2 Å². The molecular formula is C12H17ClN2. The van der Waals surface area contributed by atoms with Crippen LogP contribution in [0.4, 0.5) is 11.4 Å². The molecule has 82 valence electrons. The molecule has 0 atom stereocenters. The van der Waals surface area contributed by atoms with Crippen LogP contribution in [0, 0.1) is 0 Å². The summed E-state index contributed by atoms with van der Waals surface area (Å²) in [4.78, 5) is 2.40. The third-order valence-corrected chi connectivity index (χ3v) is 3.04. The first-order valence-corrected chi connectivity index (χ1v) is 5.92. The van der Waals surface area contributed by atoms with Gasteiger partial charge in [-0.15, -0.1) is 0 Å². The van der Waals surface area contributed by atoms with Crippen molar-refractivity contribution < 1.29 is 0 Å². The third kappa shape index (κ3) is 2.37. The van der Waals surface area contributed by atoms with E-state index in [0.29, 0.717) is 6.04 Å². The van der Waals surface area contributed by atoms with E-state index in [4.69, 9.17) is 17.3 Å². The van der Waals surface area contributed by atoms with Gasteiger partial charge in [0.15, 0.2) is 0 Å². The summed E-state index contributed by atoms with van der Waals surface area (Å²) in [6.07, 6.45) is 3.73. The summed E-state index contributed by atoms with van der Waals surface area (Å²) < 4.78 is 0. The lowest BCUT2D eigenvalue weighted by atomic mass is 10.2. The van der Waals surface area contributed by atoms with Crippen LogP contribution in [0.5, 0.6) is 0 Å². The van der Waals surface area contributed by atoms with Crippen molar-refractivity contribution >= 4 is 23.0 Å². The predicted octanol–water partition coefficient (Wildman–Crippen LogP) is 3.30. The van der Waals surface area contributed by atoms with Crippen molar-refractivity contribution in [3.05, 3.63) is 23.2 Å². The molecular weight excluding hydrogens is 208 g/mol.